The van der Waals surface area contributed by atoms with Gasteiger partial charge in [-0.25, -0.2) is 4.79 Å². The van der Waals surface area contributed by atoms with E-state index in [-0.39, 0.29) is 0 Å². The van der Waals surface area contributed by atoms with Crippen LogP contribution >= 0.6 is 39.6 Å². The van der Waals surface area contributed by atoms with Crippen molar-refractivity contribution in [1.82, 2.24) is 0 Å². The Morgan fingerprint density at radius 2 is 2.06 bits per heavy atom. The number of thioether (sulfide) groups is 1. The summed E-state index contributed by atoms with van der Waals surface area (Å²) in [6.07, 6.45) is 2.67. The van der Waals surface area contributed by atoms with Gasteiger partial charge >= 0.3 is 5.97 Å². The molecule has 1 aromatic carbocycles. The van der Waals surface area contributed by atoms with E-state index in [9.17, 15) is 4.79 Å². The maximum absolute atomic E-state index is 11.0. The molecule has 0 bridgehead atoms. The summed E-state index contributed by atoms with van der Waals surface area (Å²) in [5.74, 6) is 1.71. The minimum absolute atomic E-state index is 0.409. The molecule has 0 aromatic heterocycles. The third-order valence-electron chi connectivity index (χ3n) is 2.44. The lowest BCUT2D eigenvalue weighted by molar-refractivity contribution is -0.132. The Labute approximate surface area is 126 Å². The van der Waals surface area contributed by atoms with E-state index >= 15 is 0 Å². The topological polar surface area (TPSA) is 26.3 Å². The summed E-state index contributed by atoms with van der Waals surface area (Å²) in [5.41, 5.74) is 1.35. The second-order valence-electron chi connectivity index (χ2n) is 3.90. The van der Waals surface area contributed by atoms with Crippen LogP contribution in [0.15, 0.2) is 30.3 Å². The first-order valence-electron chi connectivity index (χ1n) is 5.82. The van der Waals surface area contributed by atoms with E-state index in [2.05, 4.69) is 44.4 Å². The van der Waals surface area contributed by atoms with Crippen LogP contribution in [0.1, 0.15) is 24.8 Å². The summed E-state index contributed by atoms with van der Waals surface area (Å²) < 4.78 is 4.38. The van der Waals surface area contributed by atoms with Crippen molar-refractivity contribution in [2.45, 2.75) is 30.4 Å². The van der Waals surface area contributed by atoms with E-state index in [1.165, 1.54) is 5.56 Å². The van der Waals surface area contributed by atoms with Gasteiger partial charge in [0.2, 0.25) is 0 Å². The van der Waals surface area contributed by atoms with Crippen LogP contribution in [-0.2, 0) is 14.4 Å². The average Bonchev–Trinajstić information content (AvgIpc) is 2.42. The monoisotopic (exact) mass is 350 g/mol. The smallest absolute Gasteiger partial charge is 0.335 e. The van der Waals surface area contributed by atoms with Crippen molar-refractivity contribution in [3.63, 3.8) is 0 Å². The maximum Gasteiger partial charge on any atom is 0.335 e. The highest BCUT2D eigenvalue weighted by Crippen LogP contribution is 2.16. The first-order valence-corrected chi connectivity index (χ1v) is 8.06. The molecule has 0 saturated carbocycles. The second kappa shape index (κ2) is 9.70. The van der Waals surface area contributed by atoms with Gasteiger partial charge in [0.15, 0.2) is 16.3 Å². The van der Waals surface area contributed by atoms with Crippen LogP contribution < -0.4 is 0 Å². The van der Waals surface area contributed by atoms with Crippen LogP contribution in [0.2, 0.25) is 0 Å². The fourth-order valence-electron chi connectivity index (χ4n) is 1.46. The number of carbonyl (C=O) groups is 1. The van der Waals surface area contributed by atoms with Crippen molar-refractivity contribution in [3.05, 3.63) is 35.9 Å². The highest BCUT2D eigenvalue weighted by atomic mass is 79.9. The van der Waals surface area contributed by atoms with Crippen LogP contribution in [0.25, 0.3) is 0 Å². The van der Waals surface area contributed by atoms with E-state index in [1.807, 2.05) is 17.8 Å². The summed E-state index contributed by atoms with van der Waals surface area (Å²) in [7, 11) is 0. The Balaban J connectivity index is 2.01. The van der Waals surface area contributed by atoms with Crippen molar-refractivity contribution in [2.75, 3.05) is 5.75 Å². The van der Waals surface area contributed by atoms with Gasteiger partial charge in [-0.15, -0.1) is 11.6 Å². The molecule has 18 heavy (non-hydrogen) atoms. The minimum atomic E-state index is -0.538. The lowest BCUT2D eigenvalue weighted by Crippen LogP contribution is -2.13. The first kappa shape index (κ1) is 15.9. The quantitative estimate of drug-likeness (QED) is 0.507. The third kappa shape index (κ3) is 6.66. The van der Waals surface area contributed by atoms with E-state index < -0.39 is 11.3 Å². The molecule has 1 aromatic rings. The van der Waals surface area contributed by atoms with Crippen molar-refractivity contribution >= 4 is 45.6 Å². The molecule has 0 amide bonds. The van der Waals surface area contributed by atoms with Gasteiger partial charge in [-0.05, 0) is 24.2 Å². The van der Waals surface area contributed by atoms with Crippen LogP contribution in [0.3, 0.4) is 0 Å². The highest BCUT2D eigenvalue weighted by molar-refractivity contribution is 9.06. The van der Waals surface area contributed by atoms with E-state index in [4.69, 9.17) is 11.6 Å². The van der Waals surface area contributed by atoms with Crippen molar-refractivity contribution in [2.24, 2.45) is 0 Å². The fraction of sp³-hybridized carbons (Fsp3) is 0.462. The molecular weight excluding hydrogens is 336 g/mol. The molecule has 1 rings (SSSR count). The number of hydrogen-bond acceptors (Lipinski definition) is 3. The Hall–Kier alpha value is -0.190. The second-order valence-corrected chi connectivity index (χ2v) is 5.85. The molecule has 1 atom stereocenters. The highest BCUT2D eigenvalue weighted by Gasteiger charge is 2.15. The lowest BCUT2D eigenvalue weighted by atomic mass is 10.2. The Morgan fingerprint density at radius 1 is 1.33 bits per heavy atom. The molecule has 0 radical (unpaired) electrons. The number of alkyl halides is 1. The van der Waals surface area contributed by atoms with Crippen LogP contribution in [0, 0.1) is 0 Å². The molecule has 100 valence electrons. The minimum Gasteiger partial charge on any atom is -0.382 e. The molecule has 1 unspecified atom stereocenters. The molecule has 0 N–H and O–H groups in total. The summed E-state index contributed by atoms with van der Waals surface area (Å²) in [6.45, 7) is 0. The van der Waals surface area contributed by atoms with Crippen molar-refractivity contribution in [3.8, 4) is 0 Å². The summed E-state index contributed by atoms with van der Waals surface area (Å²) in [6, 6.07) is 10.4. The van der Waals surface area contributed by atoms with Gasteiger partial charge in [-0.1, -0.05) is 36.8 Å². The zero-order chi connectivity index (χ0) is 13.2. The Bertz CT molecular complexity index is 348. The van der Waals surface area contributed by atoms with Crippen LogP contribution in [0.5, 0.6) is 0 Å². The molecule has 0 aliphatic heterocycles. The van der Waals surface area contributed by atoms with Gasteiger partial charge < -0.3 is 3.83 Å². The number of rotatable bonds is 8. The summed E-state index contributed by atoms with van der Waals surface area (Å²) >= 11 is 10.4. The maximum atomic E-state index is 11.0. The molecule has 0 aliphatic carbocycles. The van der Waals surface area contributed by atoms with E-state index in [1.54, 1.807) is 0 Å². The fourth-order valence-corrected chi connectivity index (χ4v) is 2.97. The lowest BCUT2D eigenvalue weighted by Gasteiger charge is -2.05. The molecule has 5 heteroatoms. The first-order chi connectivity index (χ1) is 8.74. The van der Waals surface area contributed by atoms with Crippen molar-refractivity contribution in [1.29, 1.82) is 0 Å². The molecule has 2 nitrogen and oxygen atoms in total. The van der Waals surface area contributed by atoms with Crippen molar-refractivity contribution < 1.29 is 8.62 Å². The number of benzene rings is 1. The SMILES string of the molecule is O=C(OBr)C(Cl)CCCCSCc1ccccc1. The zero-order valence-electron chi connectivity index (χ0n) is 9.98. The number of halogens is 2. The number of hydrogen-bond donors (Lipinski definition) is 0. The van der Waals surface area contributed by atoms with Gasteiger partial charge in [-0.2, -0.15) is 11.8 Å². The molecule has 0 saturated heterocycles. The summed E-state index contributed by atoms with van der Waals surface area (Å²) in [5, 5.41) is -0.538. The van der Waals surface area contributed by atoms with Gasteiger partial charge in [0.25, 0.3) is 0 Å². The normalized spacial score (nSPS) is 12.1. The summed E-state index contributed by atoms with van der Waals surface area (Å²) in [4.78, 5) is 11.0. The van der Waals surface area contributed by atoms with Crippen LogP contribution in [0.4, 0.5) is 0 Å². The van der Waals surface area contributed by atoms with E-state index in [0.717, 1.165) is 24.3 Å². The largest absolute Gasteiger partial charge is 0.382 e. The van der Waals surface area contributed by atoms with Gasteiger partial charge in [-0.3, -0.25) is 0 Å². The zero-order valence-corrected chi connectivity index (χ0v) is 13.1. The van der Waals surface area contributed by atoms with Crippen LogP contribution in [-0.4, -0.2) is 17.1 Å². The Morgan fingerprint density at radius 3 is 2.72 bits per heavy atom. The van der Waals surface area contributed by atoms with Gasteiger partial charge in [0.05, 0.1) is 0 Å². The number of carbonyl (C=O) groups excluding carboxylic acids is 1. The Kier molecular flexibility index (Phi) is 8.55. The van der Waals surface area contributed by atoms with Gasteiger partial charge in [0, 0.05) is 5.75 Å². The molecule has 0 aliphatic rings. The molecule has 0 fully saturated rings. The average molecular weight is 352 g/mol. The molecule has 0 spiro atoms. The third-order valence-corrected chi connectivity index (χ3v) is 4.27. The predicted molar refractivity (Wildman–Crippen MR) is 81.1 cm³/mol. The molecular formula is C13H16BrClO2S. The standard InChI is InChI=1S/C13H16BrClO2S/c14-17-13(16)12(15)8-4-5-9-18-10-11-6-2-1-3-7-11/h1-3,6-7,12H,4-5,8-10H2. The van der Waals surface area contributed by atoms with E-state index in [0.29, 0.717) is 6.42 Å². The predicted octanol–water partition coefficient (Wildman–Crippen LogP) is 4.55. The number of unbranched alkanes of at least 4 members (excludes halogenated alkanes) is 1. The molecule has 0 heterocycles. The van der Waals surface area contributed by atoms with Gasteiger partial charge in [0.1, 0.15) is 5.38 Å².